The Balaban J connectivity index is 1.91. The van der Waals surface area contributed by atoms with Crippen molar-refractivity contribution in [1.82, 2.24) is 19.9 Å². The van der Waals surface area contributed by atoms with E-state index in [4.69, 9.17) is 15.2 Å². The fraction of sp³-hybridized carbons (Fsp3) is 0.438. The summed E-state index contributed by atoms with van der Waals surface area (Å²) in [5.74, 6) is 1.17. The summed E-state index contributed by atoms with van der Waals surface area (Å²) in [7, 11) is 1.71. The first kappa shape index (κ1) is 16.3. The van der Waals surface area contributed by atoms with E-state index in [1.54, 1.807) is 16.6 Å². The molecule has 0 spiro atoms. The molecule has 128 valence electrons. The Kier molecular flexibility index (Phi) is 4.39. The lowest BCUT2D eigenvalue weighted by atomic mass is 10.2. The minimum Gasteiger partial charge on any atom is -0.486 e. The molecule has 24 heavy (non-hydrogen) atoms. The number of likely N-dealkylation sites (N-methyl/N-ethyl adjacent to an activating group) is 1. The fourth-order valence-electron chi connectivity index (χ4n) is 2.46. The van der Waals surface area contributed by atoms with Gasteiger partial charge >= 0.3 is 0 Å². The van der Waals surface area contributed by atoms with Gasteiger partial charge in [0.15, 0.2) is 17.2 Å². The van der Waals surface area contributed by atoms with Crippen molar-refractivity contribution in [3.8, 4) is 17.2 Å². The van der Waals surface area contributed by atoms with Gasteiger partial charge < -0.3 is 20.1 Å². The Morgan fingerprint density at radius 3 is 2.79 bits per heavy atom. The molecule has 1 aromatic heterocycles. The summed E-state index contributed by atoms with van der Waals surface area (Å²) in [6.07, 6.45) is 0. The molecule has 8 nitrogen and oxygen atoms in total. The van der Waals surface area contributed by atoms with Gasteiger partial charge in [-0.25, -0.2) is 4.68 Å². The third-order valence-electron chi connectivity index (χ3n) is 4.19. The average molecular weight is 331 g/mol. The molecule has 1 aliphatic heterocycles. The van der Waals surface area contributed by atoms with Crippen LogP contribution in [0.5, 0.6) is 11.5 Å². The van der Waals surface area contributed by atoms with Gasteiger partial charge in [0.05, 0.1) is 11.4 Å². The highest BCUT2D eigenvalue weighted by atomic mass is 16.6. The number of aromatic nitrogens is 3. The summed E-state index contributed by atoms with van der Waals surface area (Å²) in [6.45, 7) is 5.14. The van der Waals surface area contributed by atoms with Crippen LogP contribution in [0.4, 0.5) is 0 Å². The van der Waals surface area contributed by atoms with E-state index in [9.17, 15) is 4.79 Å². The zero-order valence-corrected chi connectivity index (χ0v) is 14.0. The summed E-state index contributed by atoms with van der Waals surface area (Å²) >= 11 is 0. The SMILES string of the molecule is Cc1c(C(=O)N(C)C(C)CN)nnn1-c1ccc2c(c1)OCCO2. The number of nitrogens with zero attached hydrogens (tertiary/aromatic N) is 4. The minimum absolute atomic E-state index is 0.0728. The molecule has 0 fully saturated rings. The molecule has 1 unspecified atom stereocenters. The van der Waals surface area contributed by atoms with Crippen LogP contribution < -0.4 is 15.2 Å². The third kappa shape index (κ3) is 2.80. The van der Waals surface area contributed by atoms with Crippen molar-refractivity contribution in [2.45, 2.75) is 19.9 Å². The zero-order chi connectivity index (χ0) is 17.3. The van der Waals surface area contributed by atoms with Gasteiger partial charge in [-0.05, 0) is 26.0 Å². The van der Waals surface area contributed by atoms with E-state index in [1.165, 1.54) is 0 Å². The summed E-state index contributed by atoms with van der Waals surface area (Å²) in [5, 5.41) is 8.17. The molecule has 8 heteroatoms. The molecule has 0 aliphatic carbocycles. The van der Waals surface area contributed by atoms with Gasteiger partial charge in [-0.3, -0.25) is 4.79 Å². The first-order chi connectivity index (χ1) is 11.5. The van der Waals surface area contributed by atoms with E-state index in [-0.39, 0.29) is 11.9 Å². The van der Waals surface area contributed by atoms with Crippen LogP contribution in [0.15, 0.2) is 18.2 Å². The lowest BCUT2D eigenvalue weighted by molar-refractivity contribution is 0.0741. The van der Waals surface area contributed by atoms with E-state index < -0.39 is 0 Å². The third-order valence-corrected chi connectivity index (χ3v) is 4.19. The molecule has 2 heterocycles. The number of rotatable bonds is 4. The van der Waals surface area contributed by atoms with Crippen molar-refractivity contribution in [2.75, 3.05) is 26.8 Å². The van der Waals surface area contributed by atoms with Gasteiger partial charge in [-0.2, -0.15) is 0 Å². The van der Waals surface area contributed by atoms with E-state index in [1.807, 2.05) is 32.0 Å². The van der Waals surface area contributed by atoms with Gasteiger partial charge in [0, 0.05) is 25.7 Å². The number of fused-ring (bicyclic) bond motifs is 1. The van der Waals surface area contributed by atoms with Crippen LogP contribution in [0.1, 0.15) is 23.1 Å². The highest BCUT2D eigenvalue weighted by molar-refractivity contribution is 5.93. The number of nitrogens with two attached hydrogens (primary N) is 1. The normalized spacial score (nSPS) is 14.3. The van der Waals surface area contributed by atoms with Gasteiger partial charge in [0.2, 0.25) is 0 Å². The summed E-state index contributed by atoms with van der Waals surface area (Å²) < 4.78 is 12.7. The van der Waals surface area contributed by atoms with Crippen molar-refractivity contribution < 1.29 is 14.3 Å². The van der Waals surface area contributed by atoms with Crippen LogP contribution in [0.3, 0.4) is 0 Å². The predicted octanol–water partition coefficient (Wildman–Crippen LogP) is 0.766. The summed E-state index contributed by atoms with van der Waals surface area (Å²) in [5.41, 5.74) is 7.36. The van der Waals surface area contributed by atoms with E-state index >= 15 is 0 Å². The number of carbonyl (C=O) groups is 1. The minimum atomic E-state index is -0.200. The second-order valence-electron chi connectivity index (χ2n) is 5.76. The topological polar surface area (TPSA) is 95.5 Å². The van der Waals surface area contributed by atoms with Crippen molar-refractivity contribution >= 4 is 5.91 Å². The van der Waals surface area contributed by atoms with Crippen LogP contribution in [0.2, 0.25) is 0 Å². The zero-order valence-electron chi connectivity index (χ0n) is 14.0. The molecular formula is C16H21N5O3. The maximum absolute atomic E-state index is 12.6. The summed E-state index contributed by atoms with van der Waals surface area (Å²) in [6, 6.07) is 5.44. The molecule has 1 aromatic carbocycles. The van der Waals surface area contributed by atoms with Crippen LogP contribution in [0.25, 0.3) is 5.69 Å². The van der Waals surface area contributed by atoms with E-state index in [0.29, 0.717) is 42.6 Å². The highest BCUT2D eigenvalue weighted by Gasteiger charge is 2.24. The van der Waals surface area contributed by atoms with E-state index in [0.717, 1.165) is 5.69 Å². The van der Waals surface area contributed by atoms with Gasteiger partial charge in [-0.15, -0.1) is 5.10 Å². The Hall–Kier alpha value is -2.61. The molecule has 0 bridgehead atoms. The molecule has 2 aromatic rings. The van der Waals surface area contributed by atoms with Crippen molar-refractivity contribution in [3.05, 3.63) is 29.6 Å². The quantitative estimate of drug-likeness (QED) is 0.889. The maximum Gasteiger partial charge on any atom is 0.276 e. The number of benzene rings is 1. The Labute approximate surface area is 140 Å². The highest BCUT2D eigenvalue weighted by Crippen LogP contribution is 2.32. The van der Waals surface area contributed by atoms with Gasteiger partial charge in [0.25, 0.3) is 5.91 Å². The monoisotopic (exact) mass is 331 g/mol. The van der Waals surface area contributed by atoms with E-state index in [2.05, 4.69) is 10.3 Å². The molecule has 2 N–H and O–H groups in total. The first-order valence-corrected chi connectivity index (χ1v) is 7.82. The molecule has 0 saturated carbocycles. The first-order valence-electron chi connectivity index (χ1n) is 7.82. The Bertz CT molecular complexity index is 758. The van der Waals surface area contributed by atoms with Gasteiger partial charge in [0.1, 0.15) is 13.2 Å². The standard InChI is InChI=1S/C16H21N5O3/c1-10(9-17)20(3)16(22)15-11(2)21(19-18-15)12-4-5-13-14(8-12)24-7-6-23-13/h4-5,8,10H,6-7,9,17H2,1-3H3. The molecule has 3 rings (SSSR count). The maximum atomic E-state index is 12.6. The van der Waals surface area contributed by atoms with Crippen LogP contribution in [-0.4, -0.2) is 58.6 Å². The van der Waals surface area contributed by atoms with Crippen molar-refractivity contribution in [1.29, 1.82) is 0 Å². The smallest absolute Gasteiger partial charge is 0.276 e. The number of hydrogen-bond donors (Lipinski definition) is 1. The molecule has 0 radical (unpaired) electrons. The molecular weight excluding hydrogens is 310 g/mol. The Morgan fingerprint density at radius 1 is 1.38 bits per heavy atom. The average Bonchev–Trinajstić information content (AvgIpc) is 3.00. The summed E-state index contributed by atoms with van der Waals surface area (Å²) in [4.78, 5) is 14.1. The van der Waals surface area contributed by atoms with Crippen LogP contribution in [-0.2, 0) is 0 Å². The number of amides is 1. The van der Waals surface area contributed by atoms with Crippen molar-refractivity contribution in [2.24, 2.45) is 5.73 Å². The predicted molar refractivity (Wildman–Crippen MR) is 87.7 cm³/mol. The van der Waals surface area contributed by atoms with Crippen molar-refractivity contribution in [3.63, 3.8) is 0 Å². The second-order valence-corrected chi connectivity index (χ2v) is 5.76. The Morgan fingerprint density at radius 2 is 2.08 bits per heavy atom. The largest absolute Gasteiger partial charge is 0.486 e. The molecule has 1 amide bonds. The molecule has 1 aliphatic rings. The molecule has 1 atom stereocenters. The van der Waals surface area contributed by atoms with Crippen LogP contribution in [0, 0.1) is 6.92 Å². The number of carbonyl (C=O) groups excluding carboxylic acids is 1. The van der Waals surface area contributed by atoms with Gasteiger partial charge in [-0.1, -0.05) is 5.21 Å². The lowest BCUT2D eigenvalue weighted by Gasteiger charge is -2.22. The number of ether oxygens (including phenoxy) is 2. The molecule has 0 saturated heterocycles. The second kappa shape index (κ2) is 6.48. The van der Waals surface area contributed by atoms with Crippen LogP contribution >= 0.6 is 0 Å². The fourth-order valence-corrected chi connectivity index (χ4v) is 2.46. The number of hydrogen-bond acceptors (Lipinski definition) is 6. The lowest BCUT2D eigenvalue weighted by Crippen LogP contribution is -2.40.